The average Bonchev–Trinajstić information content (AvgIpc) is 3.10. The maximum atomic E-state index is 13.8. The number of nitriles is 1. The molecule has 0 aromatic heterocycles. The monoisotopic (exact) mass is 467 g/mol. The van der Waals surface area contributed by atoms with Gasteiger partial charge < -0.3 is 4.74 Å². The second kappa shape index (κ2) is 6.94. The Morgan fingerprint density at radius 1 is 1.24 bits per heavy atom. The number of halogens is 5. The number of nitrogens with zero attached hydrogens (tertiary/aromatic N) is 1. The van der Waals surface area contributed by atoms with E-state index in [2.05, 4.69) is 0 Å². The molecule has 0 aliphatic heterocycles. The first-order valence-corrected chi connectivity index (χ1v) is 8.37. The van der Waals surface area contributed by atoms with Crippen LogP contribution in [0.3, 0.4) is 0 Å². The number of hydrogen-bond donors (Lipinski definition) is 0. The number of rotatable bonds is 4. The van der Waals surface area contributed by atoms with Gasteiger partial charge >= 0.3 is 5.97 Å². The van der Waals surface area contributed by atoms with Crippen molar-refractivity contribution < 1.29 is 27.1 Å². The fourth-order valence-corrected chi connectivity index (χ4v) is 3.23. The Labute approximate surface area is 155 Å². The summed E-state index contributed by atoms with van der Waals surface area (Å²) in [6.07, 6.45) is 1.64. The molecule has 1 saturated carbocycles. The van der Waals surface area contributed by atoms with Crippen molar-refractivity contribution in [3.8, 4) is 6.07 Å². The summed E-state index contributed by atoms with van der Waals surface area (Å²) in [6.45, 7) is 4.26. The minimum absolute atomic E-state index is 0.250. The Bertz CT molecular complexity index is 785. The van der Waals surface area contributed by atoms with E-state index >= 15 is 0 Å². The molecule has 0 saturated heterocycles. The Balaban J connectivity index is 2.16. The van der Waals surface area contributed by atoms with Crippen LogP contribution in [0.25, 0.3) is 0 Å². The first-order valence-electron chi connectivity index (χ1n) is 7.29. The van der Waals surface area contributed by atoms with Crippen molar-refractivity contribution in [1.82, 2.24) is 0 Å². The number of hydrogen-bond acceptors (Lipinski definition) is 3. The van der Waals surface area contributed by atoms with Crippen LogP contribution in [-0.2, 0) is 16.1 Å². The molecule has 0 heterocycles. The van der Waals surface area contributed by atoms with Crippen molar-refractivity contribution in [3.63, 3.8) is 0 Å². The van der Waals surface area contributed by atoms with Crippen LogP contribution in [0, 0.1) is 55.4 Å². The molecule has 0 bridgehead atoms. The summed E-state index contributed by atoms with van der Waals surface area (Å²) in [4.78, 5) is 12.2. The van der Waals surface area contributed by atoms with E-state index in [1.807, 2.05) is 6.07 Å². The van der Waals surface area contributed by atoms with Crippen LogP contribution in [0.1, 0.15) is 26.3 Å². The van der Waals surface area contributed by atoms with Crippen molar-refractivity contribution in [2.45, 2.75) is 27.4 Å². The molecule has 8 heteroatoms. The predicted octanol–water partition coefficient (Wildman–Crippen LogP) is 4.63. The molecule has 1 aromatic rings. The van der Waals surface area contributed by atoms with Gasteiger partial charge in [-0.3, -0.25) is 4.79 Å². The summed E-state index contributed by atoms with van der Waals surface area (Å²) in [7, 11) is 0. The molecule has 0 radical (unpaired) electrons. The molecule has 1 aromatic carbocycles. The number of carbonyl (C=O) groups excluding carboxylic acids is 1. The lowest BCUT2D eigenvalue weighted by Crippen LogP contribution is -2.14. The van der Waals surface area contributed by atoms with Gasteiger partial charge in [0.1, 0.15) is 6.61 Å². The minimum atomic E-state index is -1.58. The Kier molecular flexibility index (Phi) is 5.47. The lowest BCUT2D eigenvalue weighted by Gasteiger charge is -2.10. The lowest BCUT2D eigenvalue weighted by atomic mass is 10.1. The summed E-state index contributed by atoms with van der Waals surface area (Å²) < 4.78 is 58.7. The molecule has 2 atom stereocenters. The third-order valence-corrected chi connectivity index (χ3v) is 5.38. The molecule has 1 aliphatic carbocycles. The summed E-state index contributed by atoms with van der Waals surface area (Å²) in [5.41, 5.74) is -1.01. The van der Waals surface area contributed by atoms with Gasteiger partial charge in [-0.1, -0.05) is 19.9 Å². The van der Waals surface area contributed by atoms with E-state index in [1.165, 1.54) is 0 Å². The van der Waals surface area contributed by atoms with E-state index in [9.17, 15) is 22.4 Å². The van der Waals surface area contributed by atoms with E-state index in [4.69, 9.17) is 10.00 Å². The normalized spacial score (nSPS) is 21.6. The quantitative estimate of drug-likeness (QED) is 0.162. The Hall–Kier alpha value is -1.63. The molecule has 134 valence electrons. The lowest BCUT2D eigenvalue weighted by molar-refractivity contribution is -0.147. The highest BCUT2D eigenvalue weighted by Crippen LogP contribution is 2.59. The van der Waals surface area contributed by atoms with Crippen molar-refractivity contribution >= 4 is 28.6 Å². The molecule has 3 nitrogen and oxygen atoms in total. The second-order valence-electron chi connectivity index (χ2n) is 6.44. The topological polar surface area (TPSA) is 50.1 Å². The van der Waals surface area contributed by atoms with Crippen LogP contribution in [0.4, 0.5) is 17.6 Å². The molecule has 0 unspecified atom stereocenters. The fraction of sp³-hybridized carbons (Fsp3) is 0.412. The molecule has 1 fully saturated rings. The van der Waals surface area contributed by atoms with Crippen LogP contribution in [-0.4, -0.2) is 5.97 Å². The van der Waals surface area contributed by atoms with Crippen molar-refractivity contribution in [2.24, 2.45) is 17.3 Å². The Morgan fingerprint density at radius 3 is 2.24 bits per heavy atom. The highest BCUT2D eigenvalue weighted by Gasteiger charge is 2.61. The third-order valence-electron chi connectivity index (χ3n) is 4.43. The zero-order chi connectivity index (χ0) is 19.1. The van der Waals surface area contributed by atoms with Crippen LogP contribution in [0.15, 0.2) is 11.6 Å². The van der Waals surface area contributed by atoms with Crippen LogP contribution >= 0.6 is 22.6 Å². The van der Waals surface area contributed by atoms with E-state index in [0.29, 0.717) is 5.57 Å². The van der Waals surface area contributed by atoms with Gasteiger partial charge in [0.25, 0.3) is 0 Å². The summed E-state index contributed by atoms with van der Waals surface area (Å²) in [5.74, 6) is -7.80. The zero-order valence-electron chi connectivity index (χ0n) is 13.6. The van der Waals surface area contributed by atoms with Crippen molar-refractivity contribution in [3.05, 3.63) is 44.1 Å². The van der Waals surface area contributed by atoms with E-state index in [1.54, 1.807) is 26.8 Å². The highest BCUT2D eigenvalue weighted by molar-refractivity contribution is 14.1. The summed E-state index contributed by atoms with van der Waals surface area (Å²) in [6, 6.07) is 1.95. The fourth-order valence-electron chi connectivity index (χ4n) is 2.76. The summed E-state index contributed by atoms with van der Waals surface area (Å²) >= 11 is 1.15. The molecule has 2 rings (SSSR count). The second-order valence-corrected chi connectivity index (χ2v) is 7.52. The average molecular weight is 467 g/mol. The van der Waals surface area contributed by atoms with Gasteiger partial charge in [-0.25, -0.2) is 17.6 Å². The molecule has 1 aliphatic rings. The van der Waals surface area contributed by atoms with Gasteiger partial charge in [0.2, 0.25) is 0 Å². The molecule has 0 amide bonds. The molecule has 0 N–H and O–H groups in total. The van der Waals surface area contributed by atoms with E-state index in [0.717, 1.165) is 22.6 Å². The first kappa shape index (κ1) is 19.7. The number of carbonyl (C=O) groups is 1. The molecule has 0 spiro atoms. The van der Waals surface area contributed by atoms with Crippen LogP contribution < -0.4 is 0 Å². The Morgan fingerprint density at radius 2 is 1.76 bits per heavy atom. The van der Waals surface area contributed by atoms with Crippen molar-refractivity contribution in [1.29, 1.82) is 5.26 Å². The highest BCUT2D eigenvalue weighted by atomic mass is 127. The standard InChI is InChI=1S/C17H14F4INO2/c1-7(5-23)4-9-10(17(9,2)3)16(24)25-6-8-11(18)13(20)15(22)14(21)12(8)19/h4,9-10H,6H2,1-3H3/t9-,10+/m1/s1. The molecular formula is C17H14F4INO2. The minimum Gasteiger partial charge on any atom is -0.460 e. The van der Waals surface area contributed by atoms with E-state index < -0.39 is 56.3 Å². The van der Waals surface area contributed by atoms with E-state index in [-0.39, 0.29) is 5.92 Å². The smallest absolute Gasteiger partial charge is 0.310 e. The predicted molar refractivity (Wildman–Crippen MR) is 88.9 cm³/mol. The first-order chi connectivity index (χ1) is 11.5. The van der Waals surface area contributed by atoms with Gasteiger partial charge in [0.05, 0.1) is 21.1 Å². The summed E-state index contributed by atoms with van der Waals surface area (Å²) in [5, 5.41) is 8.80. The molecular weight excluding hydrogens is 453 g/mol. The number of allylic oxidation sites excluding steroid dienone is 2. The number of benzene rings is 1. The number of esters is 1. The van der Waals surface area contributed by atoms with Gasteiger partial charge in [-0.15, -0.1) is 0 Å². The maximum Gasteiger partial charge on any atom is 0.310 e. The van der Waals surface area contributed by atoms with Gasteiger partial charge in [0, 0.05) is 5.57 Å². The number of ether oxygens (including phenoxy) is 1. The zero-order valence-corrected chi connectivity index (χ0v) is 15.8. The SMILES string of the molecule is CC(C#N)=C[C@@H]1[C@@H](C(=O)OCc2c(F)c(F)c(I)c(F)c2F)C1(C)C. The van der Waals surface area contributed by atoms with Crippen LogP contribution in [0.5, 0.6) is 0 Å². The van der Waals surface area contributed by atoms with Crippen LogP contribution in [0.2, 0.25) is 0 Å². The van der Waals surface area contributed by atoms with Crippen molar-refractivity contribution in [2.75, 3.05) is 0 Å². The maximum absolute atomic E-state index is 13.8. The van der Waals surface area contributed by atoms with Gasteiger partial charge in [0.15, 0.2) is 23.3 Å². The van der Waals surface area contributed by atoms with Gasteiger partial charge in [-0.05, 0) is 40.8 Å². The molecule has 25 heavy (non-hydrogen) atoms. The largest absolute Gasteiger partial charge is 0.460 e. The third kappa shape index (κ3) is 3.52. The van der Waals surface area contributed by atoms with Gasteiger partial charge in [-0.2, -0.15) is 5.26 Å².